The predicted molar refractivity (Wildman–Crippen MR) is 152 cm³/mol. The van der Waals surface area contributed by atoms with Crippen molar-refractivity contribution >= 4 is 28.7 Å². The van der Waals surface area contributed by atoms with E-state index in [9.17, 15) is 14.0 Å². The molecule has 0 spiro atoms. The first-order valence-electron chi connectivity index (χ1n) is 13.4. The Morgan fingerprint density at radius 1 is 1.00 bits per heavy atom. The van der Waals surface area contributed by atoms with Gasteiger partial charge < -0.3 is 14.6 Å². The lowest BCUT2D eigenvalue weighted by Crippen LogP contribution is -2.33. The van der Waals surface area contributed by atoms with Gasteiger partial charge in [0.05, 0.1) is 13.5 Å². The van der Waals surface area contributed by atoms with Gasteiger partial charge in [0, 0.05) is 17.0 Å². The molecule has 1 aliphatic carbocycles. The number of ether oxygens (including phenoxy) is 2. The molecule has 3 aromatic carbocycles. The number of carbonyl (C=O) groups excluding carboxylic acids is 1. The van der Waals surface area contributed by atoms with E-state index in [1.165, 1.54) is 23.9 Å². The quantitative estimate of drug-likeness (QED) is 0.318. The number of thioether (sulfide) groups is 1. The first-order chi connectivity index (χ1) is 19.4. The Balaban J connectivity index is 1.41. The average molecular weight is 563 g/mol. The Morgan fingerprint density at radius 3 is 2.38 bits per heavy atom. The van der Waals surface area contributed by atoms with Crippen LogP contribution in [0.4, 0.5) is 4.39 Å². The lowest BCUT2D eigenvalue weighted by Gasteiger charge is -2.28. The highest BCUT2D eigenvalue weighted by Crippen LogP contribution is 2.48. The highest BCUT2D eigenvalue weighted by molar-refractivity contribution is 8.14. The van der Waals surface area contributed by atoms with Gasteiger partial charge in [0.15, 0.2) is 11.5 Å². The fraction of sp³-hybridized carbons (Fsp3) is 0.323. The number of nitrogens with zero attached hydrogens (tertiary/aromatic N) is 2. The number of hydrazone groups is 1. The van der Waals surface area contributed by atoms with E-state index in [1.54, 1.807) is 36.4 Å². The van der Waals surface area contributed by atoms with Gasteiger partial charge >= 0.3 is 5.97 Å². The van der Waals surface area contributed by atoms with Crippen LogP contribution >= 0.6 is 11.8 Å². The number of amides is 1. The monoisotopic (exact) mass is 562 g/mol. The van der Waals surface area contributed by atoms with E-state index in [0.717, 1.165) is 48.8 Å². The number of benzene rings is 3. The molecule has 1 atom stereocenters. The second-order valence-corrected chi connectivity index (χ2v) is 11.0. The van der Waals surface area contributed by atoms with Gasteiger partial charge in [0.25, 0.3) is 0 Å². The zero-order valence-corrected chi connectivity index (χ0v) is 23.0. The van der Waals surface area contributed by atoms with Gasteiger partial charge in [-0.25, -0.2) is 9.40 Å². The Morgan fingerprint density at radius 2 is 1.70 bits per heavy atom. The van der Waals surface area contributed by atoms with Crippen molar-refractivity contribution in [2.45, 2.75) is 50.5 Å². The molecular weight excluding hydrogens is 531 g/mol. The third-order valence-electron chi connectivity index (χ3n) is 7.17. The Kier molecular flexibility index (Phi) is 8.69. The minimum absolute atomic E-state index is 0.0101. The molecule has 7 nitrogen and oxygen atoms in total. The maximum atomic E-state index is 13.7. The first kappa shape index (κ1) is 27.7. The molecule has 0 saturated heterocycles. The smallest absolute Gasteiger partial charge is 0.307 e. The molecule has 1 saturated carbocycles. The van der Waals surface area contributed by atoms with E-state index in [0.29, 0.717) is 22.1 Å². The largest absolute Gasteiger partial charge is 0.492 e. The summed E-state index contributed by atoms with van der Waals surface area (Å²) in [6, 6.07) is 19.0. The summed E-state index contributed by atoms with van der Waals surface area (Å²) in [7, 11) is 1.57. The molecule has 1 aliphatic heterocycles. The number of hydrogen-bond donors (Lipinski definition) is 1. The van der Waals surface area contributed by atoms with E-state index in [1.807, 2.05) is 30.3 Å². The Labute approximate surface area is 237 Å². The van der Waals surface area contributed by atoms with Crippen LogP contribution in [-0.4, -0.2) is 34.1 Å². The molecule has 1 heterocycles. The molecule has 0 bridgehead atoms. The Bertz CT molecular complexity index is 1390. The maximum Gasteiger partial charge on any atom is 0.307 e. The number of para-hydroxylation sites is 1. The lowest BCUT2D eigenvalue weighted by molar-refractivity contribution is -0.137. The fourth-order valence-electron chi connectivity index (χ4n) is 5.09. The minimum atomic E-state index is -0.877. The summed E-state index contributed by atoms with van der Waals surface area (Å²) in [6.45, 7) is 0.257. The standard InChI is InChI=1S/C31H31FN2O5S/c1-38-28-25(8-5-9-26(28)39-19-21-12-10-20(11-13-21)18-27(35)36)31-34(30(37)23-6-3-2-4-7-23)33-29(40-31)22-14-16-24(32)17-15-22/h5,8-17,23,31H,2-4,6-7,18-19H2,1H3,(H,35,36). The number of carboxylic acid groups (broad SMARTS) is 1. The molecule has 0 aromatic heterocycles. The first-order valence-corrected chi connectivity index (χ1v) is 14.2. The molecule has 0 radical (unpaired) electrons. The summed E-state index contributed by atoms with van der Waals surface area (Å²) in [4.78, 5) is 24.7. The molecule has 3 aromatic rings. The lowest BCUT2D eigenvalue weighted by atomic mass is 9.88. The van der Waals surface area contributed by atoms with Crippen LogP contribution in [-0.2, 0) is 22.6 Å². The third-order valence-corrected chi connectivity index (χ3v) is 8.39. The van der Waals surface area contributed by atoms with Crippen LogP contribution in [0.15, 0.2) is 71.8 Å². The van der Waals surface area contributed by atoms with Crippen molar-refractivity contribution < 1.29 is 28.6 Å². The summed E-state index contributed by atoms with van der Waals surface area (Å²) in [6.07, 6.45) is 4.86. The molecule has 9 heteroatoms. The minimum Gasteiger partial charge on any atom is -0.492 e. The van der Waals surface area contributed by atoms with Crippen LogP contribution in [0.2, 0.25) is 0 Å². The predicted octanol–water partition coefficient (Wildman–Crippen LogP) is 6.56. The van der Waals surface area contributed by atoms with Crippen molar-refractivity contribution in [1.29, 1.82) is 0 Å². The summed E-state index contributed by atoms with van der Waals surface area (Å²) >= 11 is 1.43. The van der Waals surface area contributed by atoms with Gasteiger partial charge in [-0.1, -0.05) is 67.4 Å². The van der Waals surface area contributed by atoms with Gasteiger partial charge in [0.2, 0.25) is 5.91 Å². The van der Waals surface area contributed by atoms with Crippen molar-refractivity contribution in [2.24, 2.45) is 11.0 Å². The van der Waals surface area contributed by atoms with Crippen molar-refractivity contribution in [3.63, 3.8) is 0 Å². The molecule has 208 valence electrons. The second kappa shape index (κ2) is 12.6. The normalized spacial score (nSPS) is 17.4. The van der Waals surface area contributed by atoms with Gasteiger partial charge in [0.1, 0.15) is 22.8 Å². The van der Waals surface area contributed by atoms with Gasteiger partial charge in [-0.2, -0.15) is 5.10 Å². The van der Waals surface area contributed by atoms with E-state index in [-0.39, 0.29) is 30.7 Å². The van der Waals surface area contributed by atoms with Crippen LogP contribution in [0.3, 0.4) is 0 Å². The highest BCUT2D eigenvalue weighted by Gasteiger charge is 2.39. The summed E-state index contributed by atoms with van der Waals surface area (Å²) in [5, 5.41) is 15.5. The molecule has 2 aliphatic rings. The molecule has 5 rings (SSSR count). The number of halogens is 1. The fourth-order valence-corrected chi connectivity index (χ4v) is 6.28. The maximum absolute atomic E-state index is 13.7. The number of rotatable bonds is 9. The highest BCUT2D eigenvalue weighted by atomic mass is 32.2. The topological polar surface area (TPSA) is 88.4 Å². The Hall–Kier alpha value is -3.85. The molecule has 1 unspecified atom stereocenters. The number of carboxylic acids is 1. The van der Waals surface area contributed by atoms with Gasteiger partial charge in [-0.3, -0.25) is 9.59 Å². The van der Waals surface area contributed by atoms with Crippen molar-refractivity contribution in [3.8, 4) is 11.5 Å². The van der Waals surface area contributed by atoms with Gasteiger partial charge in [-0.15, -0.1) is 0 Å². The van der Waals surface area contributed by atoms with Crippen molar-refractivity contribution in [1.82, 2.24) is 5.01 Å². The average Bonchev–Trinajstić information content (AvgIpc) is 3.42. The summed E-state index contributed by atoms with van der Waals surface area (Å²) < 4.78 is 25.6. The number of aliphatic carboxylic acids is 1. The van der Waals surface area contributed by atoms with Crippen LogP contribution in [0.1, 0.15) is 59.7 Å². The summed E-state index contributed by atoms with van der Waals surface area (Å²) in [5.41, 5.74) is 3.10. The second-order valence-electron chi connectivity index (χ2n) is 9.95. The number of carbonyl (C=O) groups is 2. The summed E-state index contributed by atoms with van der Waals surface area (Å²) in [5.74, 6) is -0.262. The van der Waals surface area contributed by atoms with E-state index < -0.39 is 11.3 Å². The van der Waals surface area contributed by atoms with Crippen molar-refractivity contribution in [3.05, 3.63) is 94.8 Å². The van der Waals surface area contributed by atoms with E-state index >= 15 is 0 Å². The third kappa shape index (κ3) is 6.31. The zero-order valence-electron chi connectivity index (χ0n) is 22.2. The van der Waals surface area contributed by atoms with Gasteiger partial charge in [-0.05, 0) is 54.3 Å². The van der Waals surface area contributed by atoms with Crippen molar-refractivity contribution in [2.75, 3.05) is 7.11 Å². The van der Waals surface area contributed by atoms with Crippen LogP contribution in [0, 0.1) is 11.7 Å². The zero-order chi connectivity index (χ0) is 28.1. The number of hydrogen-bond acceptors (Lipinski definition) is 6. The van der Waals surface area contributed by atoms with Crippen LogP contribution in [0.25, 0.3) is 0 Å². The van der Waals surface area contributed by atoms with E-state index in [4.69, 9.17) is 19.7 Å². The number of methoxy groups -OCH3 is 1. The molecule has 40 heavy (non-hydrogen) atoms. The van der Waals surface area contributed by atoms with E-state index in [2.05, 4.69) is 0 Å². The SMILES string of the molecule is COc1c(OCc2ccc(CC(=O)O)cc2)cccc1C1SC(c2ccc(F)cc2)=NN1C(=O)C1CCCCC1. The molecule has 1 fully saturated rings. The molecule has 1 N–H and O–H groups in total. The molecule has 1 amide bonds. The van der Waals surface area contributed by atoms with Crippen LogP contribution < -0.4 is 9.47 Å². The molecular formula is C31H31FN2O5S. The van der Waals surface area contributed by atoms with Crippen LogP contribution in [0.5, 0.6) is 11.5 Å².